The summed E-state index contributed by atoms with van der Waals surface area (Å²) >= 11 is 3.09. The van der Waals surface area contributed by atoms with Crippen molar-refractivity contribution in [1.82, 2.24) is 4.98 Å². The van der Waals surface area contributed by atoms with Crippen molar-refractivity contribution in [3.8, 4) is 10.6 Å². The first kappa shape index (κ1) is 18.3. The van der Waals surface area contributed by atoms with E-state index in [4.69, 9.17) is 4.74 Å². The minimum Gasteiger partial charge on any atom is -0.455 e. The predicted octanol–water partition coefficient (Wildman–Crippen LogP) is 4.21. The van der Waals surface area contributed by atoms with Crippen LogP contribution in [0.2, 0.25) is 0 Å². The number of thiophene rings is 1. The Bertz CT molecular complexity index is 897. The smallest absolute Gasteiger partial charge is 0.312 e. The largest absolute Gasteiger partial charge is 0.455 e. The monoisotopic (exact) mass is 386 g/mol. The van der Waals surface area contributed by atoms with Gasteiger partial charge in [0, 0.05) is 22.0 Å². The predicted molar refractivity (Wildman–Crippen MR) is 105 cm³/mol. The Balaban J connectivity index is 1.50. The van der Waals surface area contributed by atoms with Gasteiger partial charge in [-0.25, -0.2) is 4.98 Å². The molecule has 0 atom stereocenters. The number of aromatic nitrogens is 1. The molecule has 134 valence electrons. The van der Waals surface area contributed by atoms with E-state index in [1.54, 1.807) is 11.3 Å². The molecule has 0 spiro atoms. The highest BCUT2D eigenvalue weighted by Crippen LogP contribution is 2.26. The van der Waals surface area contributed by atoms with Crippen LogP contribution in [0.25, 0.3) is 10.6 Å². The zero-order chi connectivity index (χ0) is 18.5. The summed E-state index contributed by atoms with van der Waals surface area (Å²) in [5.74, 6) is -0.822. The van der Waals surface area contributed by atoms with Crippen LogP contribution in [0.3, 0.4) is 0 Å². The van der Waals surface area contributed by atoms with E-state index in [0.717, 1.165) is 27.4 Å². The quantitative estimate of drug-likeness (QED) is 0.644. The highest BCUT2D eigenvalue weighted by atomic mass is 32.1. The van der Waals surface area contributed by atoms with Crippen molar-refractivity contribution in [3.05, 3.63) is 57.2 Å². The summed E-state index contributed by atoms with van der Waals surface area (Å²) in [6, 6.07) is 7.76. The van der Waals surface area contributed by atoms with Crippen molar-refractivity contribution in [2.45, 2.75) is 20.3 Å². The molecule has 3 rings (SSSR count). The zero-order valence-corrected chi connectivity index (χ0v) is 16.1. The molecule has 1 N–H and O–H groups in total. The molecule has 7 heteroatoms. The van der Waals surface area contributed by atoms with Gasteiger partial charge in [0.2, 0.25) is 0 Å². The van der Waals surface area contributed by atoms with Crippen LogP contribution >= 0.6 is 22.7 Å². The molecule has 1 aromatic carbocycles. The number of ether oxygens (including phenoxy) is 1. The number of para-hydroxylation sites is 1. The Morgan fingerprint density at radius 2 is 1.92 bits per heavy atom. The summed E-state index contributed by atoms with van der Waals surface area (Å²) in [6.45, 7) is 3.53. The highest BCUT2D eigenvalue weighted by molar-refractivity contribution is 7.14. The molecule has 26 heavy (non-hydrogen) atoms. The second-order valence-electron chi connectivity index (χ2n) is 5.81. The second-order valence-corrected chi connectivity index (χ2v) is 7.45. The summed E-state index contributed by atoms with van der Waals surface area (Å²) in [5, 5.41) is 9.51. The number of nitrogens with zero attached hydrogens (tertiary/aromatic N) is 1. The Morgan fingerprint density at radius 3 is 2.62 bits per heavy atom. The fourth-order valence-corrected chi connectivity index (χ4v) is 3.97. The lowest BCUT2D eigenvalue weighted by atomic mass is 10.1. The van der Waals surface area contributed by atoms with E-state index < -0.39 is 5.97 Å². The van der Waals surface area contributed by atoms with Crippen LogP contribution in [0.5, 0.6) is 0 Å². The number of hydrogen-bond acceptors (Lipinski definition) is 6. The lowest BCUT2D eigenvalue weighted by Crippen LogP contribution is -2.22. The molecule has 0 aliphatic carbocycles. The Morgan fingerprint density at radius 1 is 1.15 bits per heavy atom. The molecule has 1 amide bonds. The van der Waals surface area contributed by atoms with Crippen LogP contribution in [0.15, 0.2) is 40.4 Å². The van der Waals surface area contributed by atoms with Gasteiger partial charge in [0.25, 0.3) is 5.91 Å². The number of carbonyl (C=O) groups is 2. The minimum atomic E-state index is -0.469. The van der Waals surface area contributed by atoms with Crippen molar-refractivity contribution in [3.63, 3.8) is 0 Å². The van der Waals surface area contributed by atoms with Crippen molar-refractivity contribution >= 4 is 40.2 Å². The number of esters is 1. The topological polar surface area (TPSA) is 68.3 Å². The lowest BCUT2D eigenvalue weighted by Gasteiger charge is -2.11. The van der Waals surface area contributed by atoms with Gasteiger partial charge in [-0.1, -0.05) is 18.2 Å². The summed E-state index contributed by atoms with van der Waals surface area (Å²) in [6.07, 6.45) is 0.0529. The van der Waals surface area contributed by atoms with Gasteiger partial charge < -0.3 is 10.1 Å². The van der Waals surface area contributed by atoms with Crippen molar-refractivity contribution in [2.75, 3.05) is 11.9 Å². The molecule has 0 bridgehead atoms. The van der Waals surface area contributed by atoms with E-state index in [9.17, 15) is 9.59 Å². The summed E-state index contributed by atoms with van der Waals surface area (Å²) < 4.78 is 5.08. The van der Waals surface area contributed by atoms with Crippen LogP contribution in [0, 0.1) is 13.8 Å². The van der Waals surface area contributed by atoms with Gasteiger partial charge in [-0.2, -0.15) is 11.3 Å². The third-order valence-corrected chi connectivity index (χ3v) is 5.38. The van der Waals surface area contributed by atoms with Gasteiger partial charge in [0.1, 0.15) is 5.01 Å². The van der Waals surface area contributed by atoms with E-state index in [0.29, 0.717) is 5.69 Å². The number of aryl methyl sites for hydroxylation is 2. The Labute approximate surface area is 159 Å². The number of rotatable bonds is 6. The van der Waals surface area contributed by atoms with Crippen molar-refractivity contribution in [1.29, 1.82) is 0 Å². The van der Waals surface area contributed by atoms with E-state index in [1.165, 1.54) is 11.3 Å². The van der Waals surface area contributed by atoms with Gasteiger partial charge >= 0.3 is 5.97 Å². The number of hydrogen-bond donors (Lipinski definition) is 1. The van der Waals surface area contributed by atoms with E-state index >= 15 is 0 Å². The van der Waals surface area contributed by atoms with Gasteiger partial charge in [-0.3, -0.25) is 9.59 Å². The number of benzene rings is 1. The summed E-state index contributed by atoms with van der Waals surface area (Å²) in [4.78, 5) is 28.4. The maximum absolute atomic E-state index is 12.0. The molecule has 0 saturated carbocycles. The maximum atomic E-state index is 12.0. The first-order valence-electron chi connectivity index (χ1n) is 8.01. The maximum Gasteiger partial charge on any atom is 0.312 e. The summed E-state index contributed by atoms with van der Waals surface area (Å²) in [7, 11) is 0. The summed E-state index contributed by atoms with van der Waals surface area (Å²) in [5.41, 5.74) is 4.39. The van der Waals surface area contributed by atoms with Crippen molar-refractivity contribution < 1.29 is 14.3 Å². The molecule has 0 unspecified atom stereocenters. The first-order chi connectivity index (χ1) is 12.5. The van der Waals surface area contributed by atoms with Crippen LogP contribution in [-0.4, -0.2) is 23.5 Å². The Kier molecular flexibility index (Phi) is 5.80. The van der Waals surface area contributed by atoms with Crippen molar-refractivity contribution in [2.24, 2.45) is 0 Å². The zero-order valence-electron chi connectivity index (χ0n) is 14.4. The number of thiazole rings is 1. The highest BCUT2D eigenvalue weighted by Gasteiger charge is 2.13. The van der Waals surface area contributed by atoms with Gasteiger partial charge in [0.05, 0.1) is 12.1 Å². The number of anilines is 1. The number of nitrogens with one attached hydrogen (secondary N) is 1. The van der Waals surface area contributed by atoms with Crippen LogP contribution in [0.1, 0.15) is 16.8 Å². The fourth-order valence-electron chi connectivity index (χ4n) is 2.44. The van der Waals surface area contributed by atoms with Gasteiger partial charge in [0.15, 0.2) is 6.61 Å². The number of carbonyl (C=O) groups excluding carboxylic acids is 2. The minimum absolute atomic E-state index is 0.0529. The van der Waals surface area contributed by atoms with Crippen LogP contribution in [0.4, 0.5) is 5.69 Å². The normalized spacial score (nSPS) is 10.5. The van der Waals surface area contributed by atoms with E-state index in [2.05, 4.69) is 10.3 Å². The second kappa shape index (κ2) is 8.25. The molecule has 3 aromatic rings. The molecule has 5 nitrogen and oxygen atoms in total. The third kappa shape index (κ3) is 4.56. The van der Waals surface area contributed by atoms with Crippen LogP contribution < -0.4 is 5.32 Å². The molecule has 0 aliphatic heterocycles. The molecule has 0 saturated heterocycles. The lowest BCUT2D eigenvalue weighted by molar-refractivity contribution is -0.146. The average molecular weight is 386 g/mol. The van der Waals surface area contributed by atoms with Gasteiger partial charge in [-0.05, 0) is 36.4 Å². The molecule has 0 fully saturated rings. The van der Waals surface area contributed by atoms with Gasteiger partial charge in [-0.15, -0.1) is 11.3 Å². The average Bonchev–Trinajstić information content (AvgIpc) is 3.28. The Hall–Kier alpha value is -2.51. The molecule has 2 aromatic heterocycles. The molecular formula is C19H18N2O3S2. The number of amides is 1. The molecular weight excluding hydrogens is 368 g/mol. The standard InChI is InChI=1S/C19H18N2O3S2/c1-12-4-3-5-13(2)18(12)21-16(22)9-24-17(23)8-15-11-26-19(20-15)14-6-7-25-10-14/h3-7,10-11H,8-9H2,1-2H3,(H,21,22). The molecule has 0 radical (unpaired) electrons. The third-order valence-electron chi connectivity index (χ3n) is 3.76. The fraction of sp³-hybridized carbons (Fsp3) is 0.211. The molecule has 2 heterocycles. The van der Waals surface area contributed by atoms with E-state index in [1.807, 2.05) is 54.3 Å². The molecule has 0 aliphatic rings. The van der Waals surface area contributed by atoms with E-state index in [-0.39, 0.29) is 18.9 Å². The SMILES string of the molecule is Cc1cccc(C)c1NC(=O)COC(=O)Cc1csc(-c2ccsc2)n1. The first-order valence-corrected chi connectivity index (χ1v) is 9.84. The van der Waals surface area contributed by atoms with Crippen LogP contribution in [-0.2, 0) is 20.7 Å².